The largest absolute Gasteiger partial charge is 0.270 e. The van der Waals surface area contributed by atoms with Crippen LogP contribution in [0.25, 0.3) is 5.69 Å². The zero-order valence-electron chi connectivity index (χ0n) is 7.94. The Bertz CT molecular complexity index is 570. The summed E-state index contributed by atoms with van der Waals surface area (Å²) in [5.74, 6) is 0. The predicted molar refractivity (Wildman–Crippen MR) is 52.7 cm³/mol. The van der Waals surface area contributed by atoms with Crippen molar-refractivity contribution in [1.82, 2.24) is 15.0 Å². The van der Waals surface area contributed by atoms with Gasteiger partial charge in [0.05, 0.1) is 22.9 Å². The Balaban J connectivity index is 2.57. The minimum atomic E-state index is -0.554. The number of rotatable bonds is 2. The van der Waals surface area contributed by atoms with Gasteiger partial charge in [0.1, 0.15) is 11.8 Å². The number of aromatic nitrogens is 3. The molecule has 1 aromatic carbocycles. The highest BCUT2D eigenvalue weighted by Gasteiger charge is 2.12. The van der Waals surface area contributed by atoms with Crippen LogP contribution in [0, 0.1) is 21.4 Å². The fourth-order valence-electron chi connectivity index (χ4n) is 1.24. The molecule has 0 aliphatic heterocycles. The third-order valence-electron chi connectivity index (χ3n) is 1.95. The van der Waals surface area contributed by atoms with Gasteiger partial charge in [0.25, 0.3) is 5.69 Å². The van der Waals surface area contributed by atoms with E-state index in [9.17, 15) is 10.1 Å². The van der Waals surface area contributed by atoms with Crippen molar-refractivity contribution in [2.75, 3.05) is 0 Å². The first-order valence-corrected chi connectivity index (χ1v) is 4.27. The van der Waals surface area contributed by atoms with Gasteiger partial charge >= 0.3 is 0 Å². The molecule has 16 heavy (non-hydrogen) atoms. The van der Waals surface area contributed by atoms with E-state index in [1.54, 1.807) is 0 Å². The van der Waals surface area contributed by atoms with E-state index >= 15 is 0 Å². The molecule has 0 aliphatic carbocycles. The van der Waals surface area contributed by atoms with Gasteiger partial charge in [-0.25, -0.2) is 0 Å². The van der Waals surface area contributed by atoms with Crippen LogP contribution < -0.4 is 0 Å². The summed E-state index contributed by atoms with van der Waals surface area (Å²) in [6, 6.07) is 5.81. The van der Waals surface area contributed by atoms with Crippen LogP contribution in [0.3, 0.4) is 0 Å². The Morgan fingerprint density at radius 1 is 1.38 bits per heavy atom. The number of nitrogens with zero attached hydrogens (tertiary/aromatic N) is 5. The van der Waals surface area contributed by atoms with Crippen LogP contribution >= 0.6 is 0 Å². The molecule has 0 N–H and O–H groups in total. The van der Waals surface area contributed by atoms with Gasteiger partial charge in [-0.1, -0.05) is 0 Å². The summed E-state index contributed by atoms with van der Waals surface area (Å²) >= 11 is 0. The molecule has 0 amide bonds. The zero-order valence-corrected chi connectivity index (χ0v) is 7.94. The normalized spacial score (nSPS) is 9.69. The summed E-state index contributed by atoms with van der Waals surface area (Å²) in [7, 11) is 0. The molecule has 0 saturated heterocycles. The fraction of sp³-hybridized carbons (Fsp3) is 0. The van der Waals surface area contributed by atoms with Crippen molar-refractivity contribution < 1.29 is 4.92 Å². The molecule has 1 heterocycles. The molecule has 0 saturated carbocycles. The second kappa shape index (κ2) is 3.78. The summed E-state index contributed by atoms with van der Waals surface area (Å²) in [6.07, 6.45) is 2.92. The van der Waals surface area contributed by atoms with E-state index in [1.165, 1.54) is 35.4 Å². The number of nitro groups is 1. The van der Waals surface area contributed by atoms with Gasteiger partial charge in [0.2, 0.25) is 0 Å². The summed E-state index contributed by atoms with van der Waals surface area (Å²) in [4.78, 5) is 11.2. The molecule has 0 bridgehead atoms. The molecule has 0 unspecified atom stereocenters. The molecule has 0 spiro atoms. The molecule has 0 radical (unpaired) electrons. The maximum atomic E-state index is 10.5. The monoisotopic (exact) mass is 215 g/mol. The number of nitro benzene ring substituents is 1. The Labute approximate surface area is 89.7 Å². The minimum Gasteiger partial charge on any atom is -0.258 e. The zero-order chi connectivity index (χ0) is 11.5. The highest BCUT2D eigenvalue weighted by Crippen LogP contribution is 2.19. The maximum absolute atomic E-state index is 10.5. The molecule has 7 nitrogen and oxygen atoms in total. The maximum Gasteiger partial charge on any atom is 0.270 e. The van der Waals surface area contributed by atoms with Crippen LogP contribution in [0.2, 0.25) is 0 Å². The second-order valence-corrected chi connectivity index (χ2v) is 2.89. The molecular weight excluding hydrogens is 210 g/mol. The second-order valence-electron chi connectivity index (χ2n) is 2.89. The van der Waals surface area contributed by atoms with Crippen molar-refractivity contribution in [2.24, 2.45) is 0 Å². The first kappa shape index (κ1) is 9.79. The smallest absolute Gasteiger partial charge is 0.258 e. The molecule has 0 fully saturated rings. The van der Waals surface area contributed by atoms with Gasteiger partial charge in [-0.05, 0) is 6.07 Å². The van der Waals surface area contributed by atoms with Crippen LogP contribution in [0.1, 0.15) is 5.56 Å². The molecule has 1 aromatic heterocycles. The van der Waals surface area contributed by atoms with Crippen molar-refractivity contribution in [3.8, 4) is 11.8 Å². The van der Waals surface area contributed by atoms with E-state index in [4.69, 9.17) is 5.26 Å². The molecule has 0 aliphatic rings. The topological polar surface area (TPSA) is 97.6 Å². The van der Waals surface area contributed by atoms with Gasteiger partial charge in [-0.3, -0.25) is 10.1 Å². The van der Waals surface area contributed by atoms with E-state index in [1.807, 2.05) is 6.07 Å². The molecule has 2 aromatic rings. The molecule has 7 heteroatoms. The van der Waals surface area contributed by atoms with E-state index in [2.05, 4.69) is 10.2 Å². The van der Waals surface area contributed by atoms with E-state index in [0.29, 0.717) is 5.69 Å². The Hall–Kier alpha value is -2.75. The first-order chi connectivity index (χ1) is 7.72. The van der Waals surface area contributed by atoms with E-state index in [0.717, 1.165) is 0 Å². The standard InChI is InChI=1S/C9H5N5O2/c10-6-7-5-8(14(15)16)1-2-9(7)13-11-3-4-12-13/h1-5H. The van der Waals surface area contributed by atoms with Gasteiger partial charge < -0.3 is 0 Å². The third-order valence-corrected chi connectivity index (χ3v) is 1.95. The molecule has 0 atom stereocenters. The highest BCUT2D eigenvalue weighted by molar-refractivity contribution is 5.53. The lowest BCUT2D eigenvalue weighted by atomic mass is 10.2. The number of nitriles is 1. The SMILES string of the molecule is N#Cc1cc([N+](=O)[O-])ccc1-n1nccn1. The number of non-ortho nitro benzene ring substituents is 1. The average Bonchev–Trinajstić information content (AvgIpc) is 2.81. The first-order valence-electron chi connectivity index (χ1n) is 4.27. The van der Waals surface area contributed by atoms with Crippen LogP contribution in [-0.2, 0) is 0 Å². The Morgan fingerprint density at radius 2 is 2.06 bits per heavy atom. The Morgan fingerprint density at radius 3 is 2.62 bits per heavy atom. The summed E-state index contributed by atoms with van der Waals surface area (Å²) in [6.45, 7) is 0. The van der Waals surface area contributed by atoms with Crippen molar-refractivity contribution in [2.45, 2.75) is 0 Å². The summed E-state index contributed by atoms with van der Waals surface area (Å²) < 4.78 is 0. The van der Waals surface area contributed by atoms with Crippen LogP contribution in [0.15, 0.2) is 30.6 Å². The summed E-state index contributed by atoms with van der Waals surface area (Å²) in [5.41, 5.74) is 0.441. The molecule has 2 rings (SSSR count). The van der Waals surface area contributed by atoms with Gasteiger partial charge in [0, 0.05) is 12.1 Å². The fourth-order valence-corrected chi connectivity index (χ4v) is 1.24. The highest BCUT2D eigenvalue weighted by atomic mass is 16.6. The van der Waals surface area contributed by atoms with Crippen LogP contribution in [0.5, 0.6) is 0 Å². The van der Waals surface area contributed by atoms with Crippen molar-refractivity contribution in [1.29, 1.82) is 5.26 Å². The van der Waals surface area contributed by atoms with Crippen molar-refractivity contribution in [3.63, 3.8) is 0 Å². The van der Waals surface area contributed by atoms with Crippen molar-refractivity contribution in [3.05, 3.63) is 46.3 Å². The van der Waals surface area contributed by atoms with E-state index < -0.39 is 4.92 Å². The quantitative estimate of drug-likeness (QED) is 0.550. The third kappa shape index (κ3) is 1.59. The molecule has 78 valence electrons. The lowest BCUT2D eigenvalue weighted by Crippen LogP contribution is -2.02. The number of benzene rings is 1. The van der Waals surface area contributed by atoms with Gasteiger partial charge in [0.15, 0.2) is 0 Å². The van der Waals surface area contributed by atoms with Crippen LogP contribution in [-0.4, -0.2) is 19.9 Å². The number of hydrogen-bond donors (Lipinski definition) is 0. The predicted octanol–water partition coefficient (Wildman–Crippen LogP) is 1.05. The lowest BCUT2D eigenvalue weighted by molar-refractivity contribution is -0.384. The minimum absolute atomic E-state index is 0.132. The Kier molecular flexibility index (Phi) is 2.31. The van der Waals surface area contributed by atoms with Crippen LogP contribution in [0.4, 0.5) is 5.69 Å². The van der Waals surface area contributed by atoms with Crippen molar-refractivity contribution >= 4 is 5.69 Å². The van der Waals surface area contributed by atoms with Gasteiger partial charge in [-0.15, -0.1) is 0 Å². The average molecular weight is 215 g/mol. The summed E-state index contributed by atoms with van der Waals surface area (Å²) in [5, 5.41) is 27.1. The number of hydrogen-bond acceptors (Lipinski definition) is 5. The van der Waals surface area contributed by atoms with E-state index in [-0.39, 0.29) is 11.3 Å². The van der Waals surface area contributed by atoms with Gasteiger partial charge in [-0.2, -0.15) is 20.3 Å². The molecular formula is C9H5N5O2. The lowest BCUT2D eigenvalue weighted by Gasteiger charge is -2.01.